The summed E-state index contributed by atoms with van der Waals surface area (Å²) in [6, 6.07) is 3.94. The van der Waals surface area contributed by atoms with Crippen molar-refractivity contribution in [1.82, 2.24) is 8.87 Å². The molecule has 1 saturated heterocycles. The Labute approximate surface area is 183 Å². The van der Waals surface area contributed by atoms with Crippen LogP contribution in [0.2, 0.25) is 0 Å². The maximum absolute atomic E-state index is 12.8. The standard InChI is InChI=1S/C19H23N3O7S2/c1-4-29-18(25)12-7-8-13-15(10-12)30-19(21(13)11-16(23)28-2)20-17(24)14-6-5-9-22(14)31(3,26)27/h7-8,10,14H,4-6,9,11H2,1-3H3. The molecule has 31 heavy (non-hydrogen) atoms. The highest BCUT2D eigenvalue weighted by Gasteiger charge is 2.36. The molecule has 12 heteroatoms. The monoisotopic (exact) mass is 469 g/mol. The van der Waals surface area contributed by atoms with Crippen LogP contribution < -0.4 is 4.80 Å². The number of esters is 2. The fourth-order valence-electron chi connectivity index (χ4n) is 3.40. The minimum atomic E-state index is -3.54. The van der Waals surface area contributed by atoms with Crippen molar-refractivity contribution in [1.29, 1.82) is 0 Å². The Hall–Kier alpha value is -2.57. The molecular weight excluding hydrogens is 446 g/mol. The Morgan fingerprint density at radius 2 is 2.03 bits per heavy atom. The molecular formula is C19H23N3O7S2. The number of hydrogen-bond acceptors (Lipinski definition) is 8. The Balaban J connectivity index is 2.08. The lowest BCUT2D eigenvalue weighted by molar-refractivity contribution is -0.141. The van der Waals surface area contributed by atoms with E-state index in [4.69, 9.17) is 9.47 Å². The van der Waals surface area contributed by atoms with Gasteiger partial charge in [0.2, 0.25) is 10.0 Å². The first-order valence-electron chi connectivity index (χ1n) is 9.58. The lowest BCUT2D eigenvalue weighted by Gasteiger charge is -2.18. The third-order valence-corrected chi connectivity index (χ3v) is 7.16. The van der Waals surface area contributed by atoms with E-state index in [9.17, 15) is 22.8 Å². The molecule has 168 valence electrons. The number of rotatable bonds is 6. The van der Waals surface area contributed by atoms with Gasteiger partial charge in [0, 0.05) is 6.54 Å². The van der Waals surface area contributed by atoms with Gasteiger partial charge in [-0.2, -0.15) is 9.30 Å². The van der Waals surface area contributed by atoms with Gasteiger partial charge in [-0.3, -0.25) is 9.59 Å². The molecule has 1 atom stereocenters. The highest BCUT2D eigenvalue weighted by molar-refractivity contribution is 7.88. The molecule has 0 aliphatic carbocycles. The molecule has 1 aliphatic heterocycles. The van der Waals surface area contributed by atoms with E-state index in [-0.39, 0.29) is 24.5 Å². The molecule has 3 rings (SSSR count). The van der Waals surface area contributed by atoms with Crippen LogP contribution in [0.4, 0.5) is 0 Å². The van der Waals surface area contributed by atoms with E-state index in [1.54, 1.807) is 25.1 Å². The van der Waals surface area contributed by atoms with Crippen molar-refractivity contribution in [3.05, 3.63) is 28.6 Å². The number of hydrogen-bond donors (Lipinski definition) is 0. The SMILES string of the molecule is CCOC(=O)c1ccc2c(c1)sc(=NC(=O)C1CCCN1S(C)(=O)=O)n2CC(=O)OC. The van der Waals surface area contributed by atoms with Crippen LogP contribution in [0, 0.1) is 0 Å². The molecule has 0 spiro atoms. The minimum absolute atomic E-state index is 0.193. The van der Waals surface area contributed by atoms with Crippen LogP contribution >= 0.6 is 11.3 Å². The number of carbonyl (C=O) groups is 3. The van der Waals surface area contributed by atoms with E-state index >= 15 is 0 Å². The Morgan fingerprint density at radius 1 is 1.29 bits per heavy atom. The number of sulfonamides is 1. The van der Waals surface area contributed by atoms with Crippen LogP contribution in [-0.4, -0.2) is 67.7 Å². The van der Waals surface area contributed by atoms with Crippen LogP contribution in [0.25, 0.3) is 10.2 Å². The van der Waals surface area contributed by atoms with Crippen LogP contribution in [0.15, 0.2) is 23.2 Å². The summed E-state index contributed by atoms with van der Waals surface area (Å²) in [5, 5.41) is 0. The normalized spacial score (nSPS) is 17.8. The van der Waals surface area contributed by atoms with Crippen LogP contribution in [0.3, 0.4) is 0 Å². The number of nitrogens with zero attached hydrogens (tertiary/aromatic N) is 3. The maximum atomic E-state index is 12.8. The zero-order valence-electron chi connectivity index (χ0n) is 17.4. The van der Waals surface area contributed by atoms with E-state index < -0.39 is 33.9 Å². The number of thiazole rings is 1. The zero-order chi connectivity index (χ0) is 22.8. The molecule has 10 nitrogen and oxygen atoms in total. The van der Waals surface area contributed by atoms with Crippen molar-refractivity contribution in [3.8, 4) is 0 Å². The van der Waals surface area contributed by atoms with Crippen molar-refractivity contribution >= 4 is 49.4 Å². The number of carbonyl (C=O) groups excluding carboxylic acids is 3. The summed E-state index contributed by atoms with van der Waals surface area (Å²) in [6.45, 7) is 2.01. The van der Waals surface area contributed by atoms with Gasteiger partial charge in [0.15, 0.2) is 4.80 Å². The highest BCUT2D eigenvalue weighted by Crippen LogP contribution is 2.23. The molecule has 0 N–H and O–H groups in total. The van der Waals surface area contributed by atoms with Crippen LogP contribution in [0.1, 0.15) is 30.1 Å². The van der Waals surface area contributed by atoms with Crippen molar-refractivity contribution in [2.24, 2.45) is 4.99 Å². The first-order chi connectivity index (χ1) is 14.7. The molecule has 1 fully saturated rings. The highest BCUT2D eigenvalue weighted by atomic mass is 32.2. The number of aromatic nitrogens is 1. The molecule has 1 aromatic heterocycles. The summed E-state index contributed by atoms with van der Waals surface area (Å²) in [5.74, 6) is -1.62. The van der Waals surface area contributed by atoms with E-state index in [0.717, 1.165) is 21.9 Å². The Bertz CT molecular complexity index is 1200. The number of amides is 1. The van der Waals surface area contributed by atoms with E-state index in [1.165, 1.54) is 11.7 Å². The second-order valence-corrected chi connectivity index (χ2v) is 9.88. The number of methoxy groups -OCH3 is 1. The van der Waals surface area contributed by atoms with E-state index in [1.807, 2.05) is 0 Å². The number of benzene rings is 1. The van der Waals surface area contributed by atoms with Crippen LogP contribution in [0.5, 0.6) is 0 Å². The van der Waals surface area contributed by atoms with Crippen molar-refractivity contribution < 1.29 is 32.3 Å². The average molecular weight is 470 g/mol. The summed E-state index contributed by atoms with van der Waals surface area (Å²) in [5.41, 5.74) is 0.916. The molecule has 1 unspecified atom stereocenters. The molecule has 0 radical (unpaired) electrons. The second-order valence-electron chi connectivity index (χ2n) is 6.93. The zero-order valence-corrected chi connectivity index (χ0v) is 19.0. The summed E-state index contributed by atoms with van der Waals surface area (Å²) < 4.78 is 37.0. The fourth-order valence-corrected chi connectivity index (χ4v) is 5.59. The molecule has 1 amide bonds. The van der Waals surface area contributed by atoms with Gasteiger partial charge in [-0.25, -0.2) is 13.2 Å². The smallest absolute Gasteiger partial charge is 0.338 e. The minimum Gasteiger partial charge on any atom is -0.468 e. The quantitative estimate of drug-likeness (QED) is 0.576. The topological polar surface area (TPSA) is 124 Å². The summed E-state index contributed by atoms with van der Waals surface area (Å²) in [6.07, 6.45) is 2.01. The van der Waals surface area contributed by atoms with E-state index in [0.29, 0.717) is 28.6 Å². The van der Waals surface area contributed by atoms with Gasteiger partial charge in [0.1, 0.15) is 12.6 Å². The Kier molecular flexibility index (Phi) is 6.92. The molecule has 2 aromatic rings. The summed E-state index contributed by atoms with van der Waals surface area (Å²) in [4.78, 5) is 41.2. The average Bonchev–Trinajstić information content (AvgIpc) is 3.33. The van der Waals surface area contributed by atoms with Crippen LogP contribution in [-0.2, 0) is 35.6 Å². The van der Waals surface area contributed by atoms with Gasteiger partial charge in [-0.1, -0.05) is 11.3 Å². The lowest BCUT2D eigenvalue weighted by atomic mass is 10.2. The predicted octanol–water partition coefficient (Wildman–Crippen LogP) is 0.904. The largest absolute Gasteiger partial charge is 0.468 e. The molecule has 1 aliphatic rings. The predicted molar refractivity (Wildman–Crippen MR) is 113 cm³/mol. The van der Waals surface area contributed by atoms with E-state index in [2.05, 4.69) is 4.99 Å². The maximum Gasteiger partial charge on any atom is 0.338 e. The fraction of sp³-hybridized carbons (Fsp3) is 0.474. The van der Waals surface area contributed by atoms with Gasteiger partial charge in [-0.15, -0.1) is 0 Å². The summed E-state index contributed by atoms with van der Waals surface area (Å²) >= 11 is 1.11. The van der Waals surface area contributed by atoms with Gasteiger partial charge >= 0.3 is 11.9 Å². The molecule has 0 saturated carbocycles. The number of fused-ring (bicyclic) bond motifs is 1. The second kappa shape index (κ2) is 9.28. The first-order valence-corrected chi connectivity index (χ1v) is 12.2. The van der Waals surface area contributed by atoms with Crippen molar-refractivity contribution in [2.75, 3.05) is 26.5 Å². The summed E-state index contributed by atoms with van der Waals surface area (Å²) in [7, 11) is -2.29. The number of ether oxygens (including phenoxy) is 2. The van der Waals surface area contributed by atoms with Gasteiger partial charge < -0.3 is 14.0 Å². The Morgan fingerprint density at radius 3 is 2.68 bits per heavy atom. The van der Waals surface area contributed by atoms with Gasteiger partial charge in [0.05, 0.1) is 35.8 Å². The van der Waals surface area contributed by atoms with Gasteiger partial charge in [0.25, 0.3) is 5.91 Å². The first kappa shape index (κ1) is 23.1. The lowest BCUT2D eigenvalue weighted by Crippen LogP contribution is -2.40. The molecule has 1 aromatic carbocycles. The third kappa shape index (κ3) is 5.02. The van der Waals surface area contributed by atoms with Crippen molar-refractivity contribution in [3.63, 3.8) is 0 Å². The van der Waals surface area contributed by atoms with Crippen molar-refractivity contribution in [2.45, 2.75) is 32.4 Å². The molecule has 2 heterocycles. The van der Waals surface area contributed by atoms with Gasteiger partial charge in [-0.05, 0) is 38.0 Å². The third-order valence-electron chi connectivity index (χ3n) is 4.83. The molecule has 0 bridgehead atoms.